The van der Waals surface area contributed by atoms with E-state index in [1.807, 2.05) is 6.92 Å². The Bertz CT molecular complexity index is 336. The first kappa shape index (κ1) is 14.6. The Morgan fingerprint density at radius 2 is 2.00 bits per heavy atom. The van der Waals surface area contributed by atoms with E-state index in [1.54, 1.807) is 11.3 Å². The first-order valence-corrected chi connectivity index (χ1v) is 7.23. The zero-order chi connectivity index (χ0) is 12.8. The van der Waals surface area contributed by atoms with Crippen molar-refractivity contribution in [3.8, 4) is 0 Å². The van der Waals surface area contributed by atoms with Crippen LogP contribution in [0.3, 0.4) is 0 Å². The molecule has 1 N–H and O–H groups in total. The number of aromatic nitrogens is 1. The summed E-state index contributed by atoms with van der Waals surface area (Å²) in [7, 11) is 0. The van der Waals surface area contributed by atoms with Crippen LogP contribution in [0.1, 0.15) is 56.3 Å². The van der Waals surface area contributed by atoms with Gasteiger partial charge in [-0.05, 0) is 20.3 Å². The van der Waals surface area contributed by atoms with Crippen LogP contribution in [0.5, 0.6) is 0 Å². The maximum absolute atomic E-state index is 5.59. The minimum absolute atomic E-state index is 0.114. The number of thiazole rings is 1. The number of ether oxygens (including phenoxy) is 1. The van der Waals surface area contributed by atoms with Crippen molar-refractivity contribution < 1.29 is 4.74 Å². The lowest BCUT2D eigenvalue weighted by atomic mass is 10.3. The van der Waals surface area contributed by atoms with Gasteiger partial charge in [0, 0.05) is 24.1 Å². The second kappa shape index (κ2) is 7.09. The molecule has 0 aromatic carbocycles. The Morgan fingerprint density at radius 1 is 1.29 bits per heavy atom. The minimum atomic E-state index is 0.114. The Hall–Kier alpha value is -0.450. The lowest BCUT2D eigenvalue weighted by Crippen LogP contribution is -2.21. The summed E-state index contributed by atoms with van der Waals surface area (Å²) in [4.78, 5) is 6.03. The molecule has 0 aliphatic carbocycles. The molecule has 1 heterocycles. The number of hydrogen-bond donors (Lipinski definition) is 1. The highest BCUT2D eigenvalue weighted by Crippen LogP contribution is 2.26. The predicted octanol–water partition coefficient (Wildman–Crippen LogP) is 3.30. The average molecular weight is 256 g/mol. The molecule has 3 nitrogen and oxygen atoms in total. The fraction of sp³-hybridized carbons (Fsp3) is 0.769. The molecule has 17 heavy (non-hydrogen) atoms. The normalized spacial score (nSPS) is 13.3. The quantitative estimate of drug-likeness (QED) is 0.813. The first-order valence-electron chi connectivity index (χ1n) is 6.41. The van der Waals surface area contributed by atoms with Crippen molar-refractivity contribution in [2.75, 3.05) is 6.61 Å². The Morgan fingerprint density at radius 3 is 2.53 bits per heavy atom. The summed E-state index contributed by atoms with van der Waals surface area (Å²) in [5.41, 5.74) is 1.21. The van der Waals surface area contributed by atoms with E-state index in [9.17, 15) is 0 Å². The summed E-state index contributed by atoms with van der Waals surface area (Å²) in [6, 6.07) is 0.509. The molecule has 4 heteroatoms. The van der Waals surface area contributed by atoms with Crippen LogP contribution in [-0.4, -0.2) is 17.6 Å². The van der Waals surface area contributed by atoms with E-state index in [-0.39, 0.29) is 6.10 Å². The van der Waals surface area contributed by atoms with Crippen molar-refractivity contribution in [1.82, 2.24) is 10.3 Å². The number of aryl methyl sites for hydroxylation is 1. The van der Waals surface area contributed by atoms with Crippen LogP contribution >= 0.6 is 11.3 Å². The fourth-order valence-electron chi connectivity index (χ4n) is 1.61. The van der Waals surface area contributed by atoms with E-state index in [0.29, 0.717) is 6.04 Å². The van der Waals surface area contributed by atoms with Gasteiger partial charge in [0.2, 0.25) is 0 Å². The van der Waals surface area contributed by atoms with Crippen molar-refractivity contribution in [2.24, 2.45) is 0 Å². The maximum atomic E-state index is 5.59. The molecule has 1 aromatic heterocycles. The molecule has 0 aliphatic heterocycles. The third-order valence-corrected chi connectivity index (χ3v) is 3.82. The summed E-state index contributed by atoms with van der Waals surface area (Å²) in [5, 5.41) is 4.55. The van der Waals surface area contributed by atoms with Crippen LogP contribution < -0.4 is 5.32 Å². The molecule has 0 radical (unpaired) electrons. The van der Waals surface area contributed by atoms with E-state index >= 15 is 0 Å². The Labute approximate surface area is 109 Å². The van der Waals surface area contributed by atoms with Crippen LogP contribution in [0.25, 0.3) is 0 Å². The van der Waals surface area contributed by atoms with Gasteiger partial charge in [-0.15, -0.1) is 11.3 Å². The highest BCUT2D eigenvalue weighted by Gasteiger charge is 2.14. The summed E-state index contributed by atoms with van der Waals surface area (Å²) in [6.07, 6.45) is 1.10. The monoisotopic (exact) mass is 256 g/mol. The van der Waals surface area contributed by atoms with Gasteiger partial charge in [-0.25, -0.2) is 4.98 Å². The molecule has 1 aromatic rings. The molecule has 1 atom stereocenters. The van der Waals surface area contributed by atoms with Gasteiger partial charge in [0.15, 0.2) is 0 Å². The van der Waals surface area contributed by atoms with Crippen molar-refractivity contribution in [2.45, 2.75) is 59.7 Å². The van der Waals surface area contributed by atoms with Gasteiger partial charge in [0.25, 0.3) is 0 Å². The van der Waals surface area contributed by atoms with Gasteiger partial charge in [0.1, 0.15) is 11.1 Å². The average Bonchev–Trinajstić information content (AvgIpc) is 2.69. The SMILES string of the molecule is CCOC(C)c1nc(CC)c(CNC(C)C)s1. The molecule has 0 spiro atoms. The maximum Gasteiger partial charge on any atom is 0.122 e. The zero-order valence-electron chi connectivity index (χ0n) is 11.5. The largest absolute Gasteiger partial charge is 0.372 e. The molecule has 1 rings (SSSR count). The van der Waals surface area contributed by atoms with Crippen molar-refractivity contribution in [3.05, 3.63) is 15.6 Å². The number of nitrogens with zero attached hydrogens (tertiary/aromatic N) is 1. The Balaban J connectivity index is 2.75. The van der Waals surface area contributed by atoms with E-state index in [0.717, 1.165) is 24.6 Å². The highest BCUT2D eigenvalue weighted by molar-refractivity contribution is 7.11. The third kappa shape index (κ3) is 4.37. The van der Waals surface area contributed by atoms with E-state index in [1.165, 1.54) is 10.6 Å². The lowest BCUT2D eigenvalue weighted by Gasteiger charge is -2.07. The van der Waals surface area contributed by atoms with Gasteiger partial charge in [-0.1, -0.05) is 20.8 Å². The van der Waals surface area contributed by atoms with Crippen molar-refractivity contribution in [3.63, 3.8) is 0 Å². The number of rotatable bonds is 7. The number of nitrogens with one attached hydrogen (secondary N) is 1. The van der Waals surface area contributed by atoms with Crippen LogP contribution in [0, 0.1) is 0 Å². The molecule has 0 fully saturated rings. The third-order valence-electron chi connectivity index (χ3n) is 2.56. The van der Waals surface area contributed by atoms with Crippen LogP contribution in [-0.2, 0) is 17.7 Å². The van der Waals surface area contributed by atoms with Crippen molar-refractivity contribution >= 4 is 11.3 Å². The lowest BCUT2D eigenvalue weighted by molar-refractivity contribution is 0.0761. The van der Waals surface area contributed by atoms with Gasteiger partial charge in [-0.3, -0.25) is 0 Å². The second-order valence-electron chi connectivity index (χ2n) is 4.41. The van der Waals surface area contributed by atoms with E-state index in [4.69, 9.17) is 4.74 Å². The van der Waals surface area contributed by atoms with Gasteiger partial charge >= 0.3 is 0 Å². The van der Waals surface area contributed by atoms with E-state index in [2.05, 4.69) is 38.0 Å². The minimum Gasteiger partial charge on any atom is -0.372 e. The van der Waals surface area contributed by atoms with Crippen LogP contribution in [0.2, 0.25) is 0 Å². The molecular weight excluding hydrogens is 232 g/mol. The Kier molecular flexibility index (Phi) is 6.09. The zero-order valence-corrected chi connectivity index (χ0v) is 12.4. The van der Waals surface area contributed by atoms with E-state index < -0.39 is 0 Å². The van der Waals surface area contributed by atoms with Crippen molar-refractivity contribution in [1.29, 1.82) is 0 Å². The smallest absolute Gasteiger partial charge is 0.122 e. The number of hydrogen-bond acceptors (Lipinski definition) is 4. The summed E-state index contributed by atoms with van der Waals surface area (Å²) in [6.45, 7) is 12.2. The standard InChI is InChI=1S/C13H24N2OS/c1-6-11-12(8-14-9(3)4)17-13(15-11)10(5)16-7-2/h9-10,14H,6-8H2,1-5H3. The second-order valence-corrected chi connectivity index (χ2v) is 5.52. The first-order chi connectivity index (χ1) is 8.08. The summed E-state index contributed by atoms with van der Waals surface area (Å²) >= 11 is 1.78. The summed E-state index contributed by atoms with van der Waals surface area (Å²) in [5.74, 6) is 0. The molecule has 0 saturated carbocycles. The molecule has 98 valence electrons. The highest BCUT2D eigenvalue weighted by atomic mass is 32.1. The summed E-state index contributed by atoms with van der Waals surface area (Å²) < 4.78 is 5.59. The molecule has 1 unspecified atom stereocenters. The molecule has 0 aliphatic rings. The molecular formula is C13H24N2OS. The van der Waals surface area contributed by atoms with Gasteiger partial charge < -0.3 is 10.1 Å². The molecule has 0 amide bonds. The van der Waals surface area contributed by atoms with Crippen LogP contribution in [0.4, 0.5) is 0 Å². The molecule has 0 saturated heterocycles. The van der Waals surface area contributed by atoms with Crippen LogP contribution in [0.15, 0.2) is 0 Å². The molecule has 0 bridgehead atoms. The predicted molar refractivity (Wildman–Crippen MR) is 73.5 cm³/mol. The van der Waals surface area contributed by atoms with Gasteiger partial charge in [-0.2, -0.15) is 0 Å². The van der Waals surface area contributed by atoms with Gasteiger partial charge in [0.05, 0.1) is 5.69 Å². The topological polar surface area (TPSA) is 34.1 Å². The fourth-order valence-corrected chi connectivity index (χ4v) is 2.72.